The molecule has 3 N–H and O–H groups in total. The van der Waals surface area contributed by atoms with Gasteiger partial charge in [0.1, 0.15) is 5.82 Å². The Balaban J connectivity index is 1.77. The minimum absolute atomic E-state index is 0.0513. The van der Waals surface area contributed by atoms with E-state index in [1.165, 1.54) is 17.1 Å². The van der Waals surface area contributed by atoms with Gasteiger partial charge in [-0.3, -0.25) is 9.78 Å². The molecule has 0 fully saturated rings. The zero-order chi connectivity index (χ0) is 22.7. The third-order valence-corrected chi connectivity index (χ3v) is 4.98. The van der Waals surface area contributed by atoms with Crippen LogP contribution in [0, 0.1) is 0 Å². The van der Waals surface area contributed by atoms with Gasteiger partial charge < -0.3 is 20.2 Å². The highest BCUT2D eigenvalue weighted by atomic mass is 16.5. The molecule has 1 atom stereocenters. The molecule has 0 aromatic carbocycles. The maximum absolute atomic E-state index is 13.1. The first-order valence-corrected chi connectivity index (χ1v) is 9.85. The Bertz CT molecular complexity index is 1250. The molecular weight excluding hydrogens is 414 g/mol. The summed E-state index contributed by atoms with van der Waals surface area (Å²) >= 11 is 0. The number of nitrogen functional groups attached to an aromatic ring is 1. The van der Waals surface area contributed by atoms with Crippen LogP contribution in [0.2, 0.25) is 0 Å². The van der Waals surface area contributed by atoms with E-state index in [9.17, 15) is 9.59 Å². The topological polar surface area (TPSA) is 151 Å². The first kappa shape index (κ1) is 21.0. The van der Waals surface area contributed by atoms with Gasteiger partial charge in [-0.15, -0.1) is 0 Å². The molecule has 164 valence electrons. The van der Waals surface area contributed by atoms with Gasteiger partial charge in [-0.05, 0) is 32.0 Å². The lowest BCUT2D eigenvalue weighted by Crippen LogP contribution is -2.42. The number of furan rings is 1. The van der Waals surface area contributed by atoms with Crippen molar-refractivity contribution in [2.75, 3.05) is 24.2 Å². The molecule has 0 spiro atoms. The summed E-state index contributed by atoms with van der Waals surface area (Å²) in [5.74, 6) is -0.323. The number of ether oxygens (including phenoxy) is 1. The maximum atomic E-state index is 13.1. The van der Waals surface area contributed by atoms with Crippen LogP contribution in [0.25, 0.3) is 11.0 Å². The molecular formula is C21H21N7O4. The standard InChI is InChI=1S/C21H21N7O4/c1-3-31-19(30)21(2,13-6-4-8-23-10-13)28-18-14(11-25-28)17(26-20(22)27-18)24-12-15(29)16-7-5-9-32-16/h4-11H,3,12H2,1-2H3,(H3,22,24,26,27). The largest absolute Gasteiger partial charge is 0.464 e. The number of esters is 1. The molecule has 0 saturated heterocycles. The molecule has 0 aliphatic carbocycles. The van der Waals surface area contributed by atoms with Gasteiger partial charge in [0, 0.05) is 18.0 Å². The van der Waals surface area contributed by atoms with E-state index in [0.717, 1.165) is 0 Å². The summed E-state index contributed by atoms with van der Waals surface area (Å²) in [6.07, 6.45) is 6.10. The monoisotopic (exact) mass is 435 g/mol. The van der Waals surface area contributed by atoms with Crippen molar-refractivity contribution in [3.05, 3.63) is 60.4 Å². The van der Waals surface area contributed by atoms with Crippen molar-refractivity contribution in [1.29, 1.82) is 0 Å². The Kier molecular flexibility index (Phi) is 5.54. The lowest BCUT2D eigenvalue weighted by atomic mass is 9.93. The van der Waals surface area contributed by atoms with Crippen LogP contribution in [0.15, 0.2) is 53.5 Å². The van der Waals surface area contributed by atoms with Crippen molar-refractivity contribution in [1.82, 2.24) is 24.7 Å². The molecule has 4 rings (SSSR count). The zero-order valence-electron chi connectivity index (χ0n) is 17.5. The summed E-state index contributed by atoms with van der Waals surface area (Å²) in [7, 11) is 0. The molecule has 32 heavy (non-hydrogen) atoms. The van der Waals surface area contributed by atoms with Gasteiger partial charge in [-0.2, -0.15) is 15.1 Å². The van der Waals surface area contributed by atoms with Gasteiger partial charge in [0.15, 0.2) is 16.9 Å². The molecule has 0 aliphatic heterocycles. The van der Waals surface area contributed by atoms with E-state index in [0.29, 0.717) is 22.4 Å². The molecule has 0 saturated carbocycles. The fraction of sp³-hybridized carbons (Fsp3) is 0.238. The van der Waals surface area contributed by atoms with E-state index >= 15 is 0 Å². The number of hydrogen-bond acceptors (Lipinski definition) is 10. The van der Waals surface area contributed by atoms with Crippen LogP contribution in [0.3, 0.4) is 0 Å². The summed E-state index contributed by atoms with van der Waals surface area (Å²) in [6, 6.07) is 6.68. The first-order valence-electron chi connectivity index (χ1n) is 9.85. The maximum Gasteiger partial charge on any atom is 0.338 e. The van der Waals surface area contributed by atoms with E-state index in [1.54, 1.807) is 50.5 Å². The second-order valence-corrected chi connectivity index (χ2v) is 7.01. The smallest absolute Gasteiger partial charge is 0.338 e. The van der Waals surface area contributed by atoms with E-state index in [-0.39, 0.29) is 30.6 Å². The summed E-state index contributed by atoms with van der Waals surface area (Å²) in [5.41, 5.74) is 5.42. The molecule has 4 aromatic heterocycles. The number of nitrogens with one attached hydrogen (secondary N) is 1. The number of nitrogens with two attached hydrogens (primary N) is 1. The molecule has 4 aromatic rings. The normalized spacial score (nSPS) is 12.9. The van der Waals surface area contributed by atoms with Crippen molar-refractivity contribution in [2.45, 2.75) is 19.4 Å². The number of carbonyl (C=O) groups excluding carboxylic acids is 2. The van der Waals surface area contributed by atoms with E-state index in [2.05, 4.69) is 25.4 Å². The Morgan fingerprint density at radius 1 is 1.25 bits per heavy atom. The third-order valence-electron chi connectivity index (χ3n) is 4.98. The lowest BCUT2D eigenvalue weighted by Gasteiger charge is -2.28. The first-order chi connectivity index (χ1) is 15.4. The Hall–Kier alpha value is -4.28. The predicted octanol–water partition coefficient (Wildman–Crippen LogP) is 2.02. The van der Waals surface area contributed by atoms with Gasteiger partial charge in [-0.1, -0.05) is 6.07 Å². The highest BCUT2D eigenvalue weighted by molar-refractivity contribution is 5.98. The number of ketones is 1. The van der Waals surface area contributed by atoms with Gasteiger partial charge in [-0.25, -0.2) is 9.48 Å². The number of rotatable bonds is 8. The van der Waals surface area contributed by atoms with Crippen LogP contribution in [0.1, 0.15) is 30.0 Å². The van der Waals surface area contributed by atoms with E-state index in [1.807, 2.05) is 0 Å². The lowest BCUT2D eigenvalue weighted by molar-refractivity contribution is -0.151. The number of carbonyl (C=O) groups is 2. The van der Waals surface area contributed by atoms with Crippen molar-refractivity contribution in [2.24, 2.45) is 0 Å². The minimum Gasteiger partial charge on any atom is -0.464 e. The second kappa shape index (κ2) is 8.46. The van der Waals surface area contributed by atoms with Crippen molar-refractivity contribution in [3.8, 4) is 0 Å². The highest BCUT2D eigenvalue weighted by Crippen LogP contribution is 2.32. The Morgan fingerprint density at radius 2 is 2.09 bits per heavy atom. The predicted molar refractivity (Wildman–Crippen MR) is 115 cm³/mol. The quantitative estimate of drug-likeness (QED) is 0.310. The molecule has 11 heteroatoms. The fourth-order valence-corrected chi connectivity index (χ4v) is 3.32. The van der Waals surface area contributed by atoms with E-state index in [4.69, 9.17) is 14.9 Å². The Labute approximate surface area is 182 Å². The number of nitrogens with zero attached hydrogens (tertiary/aromatic N) is 5. The number of pyridine rings is 1. The van der Waals surface area contributed by atoms with Crippen LogP contribution in [-0.2, 0) is 15.1 Å². The van der Waals surface area contributed by atoms with E-state index < -0.39 is 11.5 Å². The molecule has 0 aliphatic rings. The average molecular weight is 435 g/mol. The van der Waals surface area contributed by atoms with Crippen molar-refractivity contribution < 1.29 is 18.7 Å². The highest BCUT2D eigenvalue weighted by Gasteiger charge is 2.42. The average Bonchev–Trinajstić information content (AvgIpc) is 3.48. The Morgan fingerprint density at radius 3 is 2.78 bits per heavy atom. The SMILES string of the molecule is CCOC(=O)C(C)(c1cccnc1)n1ncc2c(NCC(=O)c3ccco3)nc(N)nc21. The molecule has 4 heterocycles. The zero-order valence-corrected chi connectivity index (χ0v) is 17.5. The van der Waals surface area contributed by atoms with Crippen LogP contribution >= 0.6 is 0 Å². The number of anilines is 2. The molecule has 0 radical (unpaired) electrons. The number of Topliss-reactive ketones (excluding diaryl/α,β-unsaturated/α-hetero) is 1. The summed E-state index contributed by atoms with van der Waals surface area (Å²) in [5, 5.41) is 7.84. The molecule has 0 amide bonds. The van der Waals surface area contributed by atoms with Crippen LogP contribution in [-0.4, -0.2) is 49.6 Å². The minimum atomic E-state index is -1.37. The molecule has 0 bridgehead atoms. The second-order valence-electron chi connectivity index (χ2n) is 7.01. The van der Waals surface area contributed by atoms with Gasteiger partial charge in [0.25, 0.3) is 0 Å². The molecule has 11 nitrogen and oxygen atoms in total. The van der Waals surface area contributed by atoms with Crippen molar-refractivity contribution in [3.63, 3.8) is 0 Å². The van der Waals surface area contributed by atoms with Gasteiger partial charge in [0.05, 0.1) is 31.0 Å². The fourth-order valence-electron chi connectivity index (χ4n) is 3.32. The molecule has 1 unspecified atom stereocenters. The number of hydrogen-bond donors (Lipinski definition) is 2. The third kappa shape index (κ3) is 3.64. The van der Waals surface area contributed by atoms with Gasteiger partial charge >= 0.3 is 5.97 Å². The summed E-state index contributed by atoms with van der Waals surface area (Å²) in [6.45, 7) is 3.50. The van der Waals surface area contributed by atoms with Crippen LogP contribution in [0.4, 0.5) is 11.8 Å². The summed E-state index contributed by atoms with van der Waals surface area (Å²) < 4.78 is 11.9. The number of fused-ring (bicyclic) bond motifs is 1. The summed E-state index contributed by atoms with van der Waals surface area (Å²) in [4.78, 5) is 38.0. The van der Waals surface area contributed by atoms with Crippen molar-refractivity contribution >= 4 is 34.6 Å². The van der Waals surface area contributed by atoms with Crippen LogP contribution < -0.4 is 11.1 Å². The van der Waals surface area contributed by atoms with Crippen LogP contribution in [0.5, 0.6) is 0 Å². The van der Waals surface area contributed by atoms with Gasteiger partial charge in [0.2, 0.25) is 11.7 Å². The number of aromatic nitrogens is 5.